The second-order valence-electron chi connectivity index (χ2n) is 16.3. The van der Waals surface area contributed by atoms with Crippen molar-refractivity contribution in [1.82, 2.24) is 5.32 Å². The van der Waals surface area contributed by atoms with Crippen molar-refractivity contribution in [2.24, 2.45) is 0 Å². The Bertz CT molecular complexity index is 1270. The summed E-state index contributed by atoms with van der Waals surface area (Å²) < 4.78 is 5.87. The smallest absolute Gasteiger partial charge is 0.306 e. The van der Waals surface area contributed by atoms with Gasteiger partial charge in [-0.2, -0.15) is 0 Å². The van der Waals surface area contributed by atoms with E-state index in [0.29, 0.717) is 19.3 Å². The van der Waals surface area contributed by atoms with E-state index in [0.717, 1.165) is 83.5 Å². The van der Waals surface area contributed by atoms with Gasteiger partial charge in [0, 0.05) is 6.42 Å². The van der Waals surface area contributed by atoms with Crippen LogP contribution in [0.15, 0.2) is 109 Å². The molecule has 3 unspecified atom stereocenters. The molecule has 0 radical (unpaired) electrons. The molecule has 0 bridgehead atoms. The molecule has 0 aliphatic heterocycles. The van der Waals surface area contributed by atoms with Crippen LogP contribution < -0.4 is 5.32 Å². The van der Waals surface area contributed by atoms with Crippen LogP contribution in [0.1, 0.15) is 201 Å². The fourth-order valence-corrected chi connectivity index (χ4v) is 6.88. The lowest BCUT2D eigenvalue weighted by Gasteiger charge is -2.24. The first-order valence-electron chi connectivity index (χ1n) is 24.7. The van der Waals surface area contributed by atoms with Crippen molar-refractivity contribution in [3.05, 3.63) is 109 Å². The van der Waals surface area contributed by atoms with Crippen LogP contribution >= 0.6 is 0 Å². The van der Waals surface area contributed by atoms with Gasteiger partial charge in [0.05, 0.1) is 25.2 Å². The maximum atomic E-state index is 13.2. The molecule has 0 aromatic heterocycles. The minimum Gasteiger partial charge on any atom is -0.462 e. The Morgan fingerprint density at radius 1 is 0.492 bits per heavy atom. The van der Waals surface area contributed by atoms with Gasteiger partial charge in [-0.3, -0.25) is 9.59 Å². The van der Waals surface area contributed by atoms with Gasteiger partial charge in [0.15, 0.2) is 0 Å². The highest BCUT2D eigenvalue weighted by Crippen LogP contribution is 2.17. The molecular formula is C55H91NO5. The van der Waals surface area contributed by atoms with Crippen molar-refractivity contribution in [2.45, 2.75) is 219 Å². The van der Waals surface area contributed by atoms with E-state index in [1.165, 1.54) is 70.6 Å². The Hall–Kier alpha value is -3.48. The molecule has 0 spiro atoms. The monoisotopic (exact) mass is 846 g/mol. The minimum atomic E-state index is -0.818. The zero-order valence-electron chi connectivity index (χ0n) is 39.2. The first-order valence-corrected chi connectivity index (χ1v) is 24.7. The topological polar surface area (TPSA) is 95.9 Å². The summed E-state index contributed by atoms with van der Waals surface area (Å²) in [5.74, 6) is -0.584. The van der Waals surface area contributed by atoms with E-state index in [2.05, 4.69) is 74.7 Å². The Labute approximate surface area is 375 Å². The van der Waals surface area contributed by atoms with Crippen molar-refractivity contribution in [3.8, 4) is 0 Å². The van der Waals surface area contributed by atoms with E-state index in [4.69, 9.17) is 4.74 Å². The molecule has 0 saturated carbocycles. The molecule has 0 aromatic carbocycles. The average Bonchev–Trinajstić information content (AvgIpc) is 3.25. The number of carbonyl (C=O) groups excluding carboxylic acids is 2. The number of esters is 1. The number of ether oxygens (including phenoxy) is 1. The molecule has 0 aliphatic carbocycles. The molecule has 0 saturated heterocycles. The van der Waals surface area contributed by atoms with E-state index >= 15 is 0 Å². The van der Waals surface area contributed by atoms with Crippen molar-refractivity contribution in [2.75, 3.05) is 6.61 Å². The van der Waals surface area contributed by atoms with E-state index in [-0.39, 0.29) is 24.9 Å². The van der Waals surface area contributed by atoms with Gasteiger partial charge in [0.25, 0.3) is 0 Å². The van der Waals surface area contributed by atoms with Gasteiger partial charge in [0.1, 0.15) is 6.10 Å². The molecule has 0 aromatic rings. The quantitative estimate of drug-likeness (QED) is 0.0323. The maximum Gasteiger partial charge on any atom is 0.306 e. The standard InChI is InChI=1S/C55H91NO5/c1-4-7-10-13-16-19-22-25-27-29-31-34-37-40-43-46-51(61-55(60)48-45-42-39-36-33-28-24-21-18-15-12-9-6-3)49-54(59)56-52(50-57)53(58)47-44-41-38-35-32-30-26-23-20-17-14-11-8-5-2/h7,9-10,12-13,15-16,18-19,21-22,24-25,27,29,31,34,37,51-53,57-58H,4-6,8,11,14,17,20,23,26,28,30,32-33,35-36,38-50H2,1-3H3,(H,56,59)/b10-7-,12-9+,16-13+,18-15+,22-19+,24-21-,27-25-,31-29+,37-34+. The van der Waals surface area contributed by atoms with Gasteiger partial charge in [-0.1, -0.05) is 239 Å². The third-order valence-corrected chi connectivity index (χ3v) is 10.6. The van der Waals surface area contributed by atoms with Crippen LogP contribution in [-0.2, 0) is 14.3 Å². The molecule has 3 atom stereocenters. The molecule has 346 valence electrons. The predicted molar refractivity (Wildman–Crippen MR) is 263 cm³/mol. The van der Waals surface area contributed by atoms with Crippen molar-refractivity contribution in [3.63, 3.8) is 0 Å². The molecule has 6 nitrogen and oxygen atoms in total. The summed E-state index contributed by atoms with van der Waals surface area (Å²) in [6.07, 6.45) is 64.3. The first-order chi connectivity index (χ1) is 30.0. The molecule has 6 heteroatoms. The molecule has 0 rings (SSSR count). The van der Waals surface area contributed by atoms with Crippen LogP contribution in [0.25, 0.3) is 0 Å². The summed E-state index contributed by atoms with van der Waals surface area (Å²) in [5.41, 5.74) is 0. The zero-order chi connectivity index (χ0) is 44.5. The number of rotatable bonds is 42. The Morgan fingerprint density at radius 2 is 0.902 bits per heavy atom. The van der Waals surface area contributed by atoms with E-state index < -0.39 is 18.2 Å². The second kappa shape index (κ2) is 47.6. The highest BCUT2D eigenvalue weighted by atomic mass is 16.5. The molecule has 3 N–H and O–H groups in total. The van der Waals surface area contributed by atoms with Crippen LogP contribution in [0, 0.1) is 0 Å². The Balaban J connectivity index is 4.78. The summed E-state index contributed by atoms with van der Waals surface area (Å²) in [6, 6.07) is -0.737. The van der Waals surface area contributed by atoms with Crippen LogP contribution in [0.4, 0.5) is 0 Å². The fourth-order valence-electron chi connectivity index (χ4n) is 6.88. The molecule has 0 fully saturated rings. The lowest BCUT2D eigenvalue weighted by molar-refractivity contribution is -0.151. The van der Waals surface area contributed by atoms with Gasteiger partial charge in [0.2, 0.25) is 5.91 Å². The maximum absolute atomic E-state index is 13.2. The van der Waals surface area contributed by atoms with Gasteiger partial charge < -0.3 is 20.3 Å². The number of aliphatic hydroxyl groups excluding tert-OH is 2. The lowest BCUT2D eigenvalue weighted by Crippen LogP contribution is -2.46. The molecule has 1 amide bonds. The van der Waals surface area contributed by atoms with E-state index in [1.54, 1.807) is 0 Å². The van der Waals surface area contributed by atoms with Crippen LogP contribution in [0.5, 0.6) is 0 Å². The fraction of sp³-hybridized carbons (Fsp3) is 0.636. The van der Waals surface area contributed by atoms with Gasteiger partial charge >= 0.3 is 5.97 Å². The molecule has 0 heterocycles. The normalized spacial score (nSPS) is 14.2. The number of carbonyl (C=O) groups is 2. The number of allylic oxidation sites excluding steroid dienone is 18. The highest BCUT2D eigenvalue weighted by molar-refractivity contribution is 5.77. The summed E-state index contributed by atoms with van der Waals surface area (Å²) in [6.45, 7) is 6.16. The SMILES string of the molecule is CC\C=C/C=C/C=C/C=C\C=C\C=C\CCCC(CC(=O)NC(CO)C(O)CCCCCCCCCCCCCCCC)OC(=O)CCCCCCC\C=C/C=C/C=C/CC. The first kappa shape index (κ1) is 57.5. The van der Waals surface area contributed by atoms with Crippen LogP contribution in [-0.4, -0.2) is 46.9 Å². The molecule has 61 heavy (non-hydrogen) atoms. The van der Waals surface area contributed by atoms with E-state index in [9.17, 15) is 19.8 Å². The second-order valence-corrected chi connectivity index (χ2v) is 16.3. The summed E-state index contributed by atoms with van der Waals surface area (Å²) in [7, 11) is 0. The highest BCUT2D eigenvalue weighted by Gasteiger charge is 2.24. The van der Waals surface area contributed by atoms with Gasteiger partial charge in [-0.15, -0.1) is 0 Å². The number of nitrogens with one attached hydrogen (secondary N) is 1. The number of aliphatic hydroxyl groups is 2. The number of unbranched alkanes of at least 4 members (excludes halogenated alkanes) is 19. The predicted octanol–water partition coefficient (Wildman–Crippen LogP) is 14.7. The van der Waals surface area contributed by atoms with Crippen molar-refractivity contribution >= 4 is 11.9 Å². The zero-order valence-corrected chi connectivity index (χ0v) is 39.2. The van der Waals surface area contributed by atoms with Crippen molar-refractivity contribution in [1.29, 1.82) is 0 Å². The number of hydrogen-bond donors (Lipinski definition) is 3. The number of hydrogen-bond acceptors (Lipinski definition) is 5. The van der Waals surface area contributed by atoms with Crippen LogP contribution in [0.3, 0.4) is 0 Å². The third-order valence-electron chi connectivity index (χ3n) is 10.6. The Morgan fingerprint density at radius 3 is 1.38 bits per heavy atom. The van der Waals surface area contributed by atoms with Crippen molar-refractivity contribution < 1.29 is 24.5 Å². The summed E-state index contributed by atoms with van der Waals surface area (Å²) in [5, 5.41) is 23.7. The summed E-state index contributed by atoms with van der Waals surface area (Å²) >= 11 is 0. The van der Waals surface area contributed by atoms with Gasteiger partial charge in [-0.05, 0) is 57.8 Å². The van der Waals surface area contributed by atoms with Crippen LogP contribution in [0.2, 0.25) is 0 Å². The minimum absolute atomic E-state index is 0.0113. The largest absolute Gasteiger partial charge is 0.462 e. The van der Waals surface area contributed by atoms with E-state index in [1.807, 2.05) is 60.8 Å². The molecule has 0 aliphatic rings. The average molecular weight is 846 g/mol. The third kappa shape index (κ3) is 43.0. The number of amides is 1. The lowest BCUT2D eigenvalue weighted by atomic mass is 10.0. The van der Waals surface area contributed by atoms with Gasteiger partial charge in [-0.25, -0.2) is 0 Å². The summed E-state index contributed by atoms with van der Waals surface area (Å²) in [4.78, 5) is 26.1. The Kier molecular flexibility index (Phi) is 44.9. The molecular weight excluding hydrogens is 755 g/mol.